The fraction of sp³-hybridized carbons (Fsp3) is 0.500. The Morgan fingerprint density at radius 1 is 1.43 bits per heavy atom. The van der Waals surface area contributed by atoms with Crippen LogP contribution >= 0.6 is 27.3 Å². The zero-order chi connectivity index (χ0) is 16.4. The van der Waals surface area contributed by atoms with Crippen LogP contribution in [0.2, 0.25) is 0 Å². The predicted octanol–water partition coefficient (Wildman–Crippen LogP) is 0.985. The lowest BCUT2D eigenvalue weighted by Crippen LogP contribution is -2.41. The summed E-state index contributed by atoms with van der Waals surface area (Å²) in [5.74, 6) is -1.84. The first-order valence-corrected chi connectivity index (χ1v) is 10.8. The maximum atomic E-state index is 12.1. The molecule has 1 rings (SSSR count). The van der Waals surface area contributed by atoms with Gasteiger partial charge in [-0.2, -0.15) is 4.72 Å². The van der Waals surface area contributed by atoms with Gasteiger partial charge >= 0.3 is 5.97 Å². The van der Waals surface area contributed by atoms with Crippen LogP contribution in [0.15, 0.2) is 14.1 Å². The van der Waals surface area contributed by atoms with Gasteiger partial charge in [-0.05, 0) is 40.9 Å². The van der Waals surface area contributed by atoms with Crippen molar-refractivity contribution in [3.05, 3.63) is 15.4 Å². The third-order valence-corrected chi connectivity index (χ3v) is 7.53. The van der Waals surface area contributed by atoms with E-state index in [1.54, 1.807) is 6.92 Å². The number of hydrogen-bond acceptors (Lipinski definition) is 6. The van der Waals surface area contributed by atoms with Crippen molar-refractivity contribution in [1.29, 1.82) is 0 Å². The van der Waals surface area contributed by atoms with E-state index in [1.807, 2.05) is 4.72 Å². The molecule has 0 aromatic carbocycles. The molecular formula is C10H14BrNO6S3. The van der Waals surface area contributed by atoms with Crippen LogP contribution in [0, 0.1) is 6.92 Å². The van der Waals surface area contributed by atoms with Crippen LogP contribution in [-0.2, 0) is 24.7 Å². The Hall–Kier alpha value is -0.490. The zero-order valence-electron chi connectivity index (χ0n) is 11.2. The minimum atomic E-state index is -4.01. The number of carboxylic acid groups (broad SMARTS) is 1. The predicted molar refractivity (Wildman–Crippen MR) is 82.8 cm³/mol. The van der Waals surface area contributed by atoms with Gasteiger partial charge in [-0.15, -0.1) is 11.3 Å². The van der Waals surface area contributed by atoms with Gasteiger partial charge in [0.2, 0.25) is 0 Å². The van der Waals surface area contributed by atoms with Gasteiger partial charge in [-0.25, -0.2) is 16.8 Å². The van der Waals surface area contributed by atoms with E-state index in [9.17, 15) is 21.6 Å². The third-order valence-electron chi connectivity index (χ3n) is 2.47. The molecule has 7 nitrogen and oxygen atoms in total. The molecule has 1 aromatic heterocycles. The molecule has 120 valence electrons. The molecule has 0 amide bonds. The first-order valence-electron chi connectivity index (χ1n) is 5.61. The minimum absolute atomic E-state index is 0.0301. The summed E-state index contributed by atoms with van der Waals surface area (Å²) in [5.41, 5.74) is 0.711. The third kappa shape index (κ3) is 5.66. The first kappa shape index (κ1) is 18.6. The van der Waals surface area contributed by atoms with Crippen molar-refractivity contribution in [2.24, 2.45) is 0 Å². The number of carboxylic acids is 1. The number of rotatable bonds is 7. The Morgan fingerprint density at radius 3 is 2.38 bits per heavy atom. The number of aryl methyl sites for hydroxylation is 1. The van der Waals surface area contributed by atoms with Crippen LogP contribution in [0.4, 0.5) is 0 Å². The molecule has 1 aromatic rings. The smallest absolute Gasteiger partial charge is 0.321 e. The minimum Gasteiger partial charge on any atom is -0.480 e. The molecule has 0 bridgehead atoms. The fourth-order valence-corrected chi connectivity index (χ4v) is 5.50. The second kappa shape index (κ2) is 6.73. The summed E-state index contributed by atoms with van der Waals surface area (Å²) in [6.07, 6.45) is 0.624. The van der Waals surface area contributed by atoms with E-state index >= 15 is 0 Å². The van der Waals surface area contributed by atoms with Gasteiger partial charge < -0.3 is 5.11 Å². The molecule has 1 atom stereocenters. The van der Waals surface area contributed by atoms with Gasteiger partial charge in [0.1, 0.15) is 20.1 Å². The first-order chi connectivity index (χ1) is 9.42. The SMILES string of the molecule is Cc1cc(S(=O)(=O)NC(CCS(C)(=O)=O)C(=O)O)sc1Br. The second-order valence-electron chi connectivity index (χ2n) is 4.45. The Bertz CT molecular complexity index is 717. The molecule has 0 saturated carbocycles. The van der Waals surface area contributed by atoms with Crippen LogP contribution in [0.25, 0.3) is 0 Å². The molecule has 11 heteroatoms. The Labute approximate surface area is 135 Å². The zero-order valence-corrected chi connectivity index (χ0v) is 15.2. The van der Waals surface area contributed by atoms with Gasteiger partial charge in [0.25, 0.3) is 10.0 Å². The van der Waals surface area contributed by atoms with E-state index < -0.39 is 37.6 Å². The normalized spacial score (nSPS) is 14.0. The van der Waals surface area contributed by atoms with Gasteiger partial charge in [0, 0.05) is 6.26 Å². The van der Waals surface area contributed by atoms with E-state index in [2.05, 4.69) is 15.9 Å². The summed E-state index contributed by atoms with van der Waals surface area (Å²) in [4.78, 5) is 11.1. The number of aliphatic carboxylic acids is 1. The summed E-state index contributed by atoms with van der Waals surface area (Å²) in [5, 5.41) is 9.01. The molecule has 21 heavy (non-hydrogen) atoms. The summed E-state index contributed by atoms with van der Waals surface area (Å²) in [6.45, 7) is 1.71. The maximum Gasteiger partial charge on any atom is 0.321 e. The fourth-order valence-electron chi connectivity index (χ4n) is 1.37. The van der Waals surface area contributed by atoms with Crippen molar-refractivity contribution >= 4 is 53.1 Å². The standard InChI is InChI=1S/C10H14BrNO6S3/c1-6-5-8(19-9(6)11)21(17,18)12-7(10(13)14)3-4-20(2,15)16/h5,7,12H,3-4H2,1-2H3,(H,13,14). The van der Waals surface area contributed by atoms with Crippen LogP contribution in [0.1, 0.15) is 12.0 Å². The highest BCUT2D eigenvalue weighted by molar-refractivity contribution is 9.11. The quantitative estimate of drug-likeness (QED) is 0.679. The number of carbonyl (C=O) groups is 1. The number of thiophene rings is 1. The molecule has 1 heterocycles. The topological polar surface area (TPSA) is 118 Å². The van der Waals surface area contributed by atoms with E-state index in [0.717, 1.165) is 17.6 Å². The molecule has 0 radical (unpaired) electrons. The summed E-state index contributed by atoms with van der Waals surface area (Å²) in [6, 6.07) is -0.0852. The molecule has 0 aliphatic heterocycles. The number of sulfone groups is 1. The average Bonchev–Trinajstić information content (AvgIpc) is 2.64. The van der Waals surface area contributed by atoms with E-state index in [4.69, 9.17) is 5.11 Å². The molecule has 0 aliphatic carbocycles. The highest BCUT2D eigenvalue weighted by Crippen LogP contribution is 2.30. The summed E-state index contributed by atoms with van der Waals surface area (Å²) >= 11 is 4.14. The lowest BCUT2D eigenvalue weighted by atomic mass is 10.2. The average molecular weight is 420 g/mol. The number of sulfonamides is 1. The number of nitrogens with one attached hydrogen (secondary N) is 1. The second-order valence-corrected chi connectivity index (χ2v) is 11.0. The maximum absolute atomic E-state index is 12.1. The molecule has 0 spiro atoms. The van der Waals surface area contributed by atoms with E-state index in [0.29, 0.717) is 9.35 Å². The van der Waals surface area contributed by atoms with Gasteiger partial charge in [-0.1, -0.05) is 0 Å². The lowest BCUT2D eigenvalue weighted by molar-refractivity contribution is -0.139. The largest absolute Gasteiger partial charge is 0.480 e. The molecule has 2 N–H and O–H groups in total. The van der Waals surface area contributed by atoms with Gasteiger partial charge in [0.15, 0.2) is 0 Å². The Morgan fingerprint density at radius 2 is 2.00 bits per heavy atom. The van der Waals surface area contributed by atoms with Gasteiger partial charge in [-0.3, -0.25) is 4.79 Å². The molecule has 1 unspecified atom stereocenters. The molecule has 0 fully saturated rings. The van der Waals surface area contributed by atoms with Crippen molar-refractivity contribution in [2.75, 3.05) is 12.0 Å². The number of halogens is 1. The Balaban J connectivity index is 2.95. The molecular weight excluding hydrogens is 406 g/mol. The molecule has 0 saturated heterocycles. The van der Waals surface area contributed by atoms with E-state index in [-0.39, 0.29) is 10.6 Å². The van der Waals surface area contributed by atoms with Crippen molar-refractivity contribution in [3.63, 3.8) is 0 Å². The highest BCUT2D eigenvalue weighted by Gasteiger charge is 2.27. The monoisotopic (exact) mass is 419 g/mol. The van der Waals surface area contributed by atoms with Crippen molar-refractivity contribution in [1.82, 2.24) is 4.72 Å². The van der Waals surface area contributed by atoms with Crippen molar-refractivity contribution < 1.29 is 26.7 Å². The summed E-state index contributed by atoms with van der Waals surface area (Å²) < 4.78 is 49.0. The van der Waals surface area contributed by atoms with Crippen LogP contribution in [-0.4, -0.2) is 46.0 Å². The molecule has 0 aliphatic rings. The van der Waals surface area contributed by atoms with Crippen LogP contribution in [0.5, 0.6) is 0 Å². The Kier molecular flexibility index (Phi) is 5.95. The van der Waals surface area contributed by atoms with Crippen molar-refractivity contribution in [2.45, 2.75) is 23.6 Å². The van der Waals surface area contributed by atoms with Crippen LogP contribution < -0.4 is 4.72 Å². The highest BCUT2D eigenvalue weighted by atomic mass is 79.9. The van der Waals surface area contributed by atoms with Crippen molar-refractivity contribution in [3.8, 4) is 0 Å². The van der Waals surface area contributed by atoms with E-state index in [1.165, 1.54) is 6.07 Å². The van der Waals surface area contributed by atoms with Gasteiger partial charge in [0.05, 0.1) is 9.54 Å². The number of hydrogen-bond donors (Lipinski definition) is 2. The lowest BCUT2D eigenvalue weighted by Gasteiger charge is -2.13. The summed E-state index contributed by atoms with van der Waals surface area (Å²) in [7, 11) is -7.39. The van der Waals surface area contributed by atoms with Crippen LogP contribution in [0.3, 0.4) is 0 Å².